The number of hydrogen-bond donors (Lipinski definition) is 1. The van der Waals surface area contributed by atoms with Crippen molar-refractivity contribution in [2.24, 2.45) is 0 Å². The maximum atomic E-state index is 11.1. The minimum absolute atomic E-state index is 0.380. The minimum atomic E-state index is -0.733. The fraction of sp³-hybridized carbons (Fsp3) is 0.692. The van der Waals surface area contributed by atoms with Crippen molar-refractivity contribution in [3.05, 3.63) is 10.6 Å². The molecular weight excluding hydrogens is 248 g/mol. The molecule has 1 unspecified atom stereocenters. The first-order chi connectivity index (χ1) is 8.67. The number of aliphatic carboxylic acids is 1. The smallest absolute Gasteiger partial charge is 0.312 e. The maximum absolute atomic E-state index is 11.1. The number of hydrogen-bond acceptors (Lipinski definition) is 4. The number of nitrogens with zero attached hydrogens (tertiary/aromatic N) is 2. The number of carboxylic acids is 1. The summed E-state index contributed by atoms with van der Waals surface area (Å²) in [6, 6.07) is 0. The lowest BCUT2D eigenvalue weighted by Gasteiger charge is -2.20. The van der Waals surface area contributed by atoms with Crippen LogP contribution in [0, 0.1) is 0 Å². The topological polar surface area (TPSA) is 53.4 Å². The number of aryl methyl sites for hydroxylation is 1. The fourth-order valence-corrected chi connectivity index (χ4v) is 3.62. The van der Waals surface area contributed by atoms with E-state index in [0.717, 1.165) is 43.2 Å². The molecule has 1 aromatic heterocycles. The SMILES string of the molecule is CCCN(CCC)c1nc2c(s1)CCC2C(=O)O. The number of aromatic nitrogens is 1. The van der Waals surface area contributed by atoms with Gasteiger partial charge in [-0.05, 0) is 25.7 Å². The van der Waals surface area contributed by atoms with E-state index in [-0.39, 0.29) is 5.92 Å². The molecule has 100 valence electrons. The molecule has 18 heavy (non-hydrogen) atoms. The molecule has 5 heteroatoms. The van der Waals surface area contributed by atoms with E-state index < -0.39 is 5.97 Å². The molecule has 0 saturated carbocycles. The van der Waals surface area contributed by atoms with Gasteiger partial charge >= 0.3 is 5.97 Å². The molecule has 0 saturated heterocycles. The molecule has 1 aliphatic carbocycles. The molecule has 0 bridgehead atoms. The van der Waals surface area contributed by atoms with Crippen molar-refractivity contribution in [3.8, 4) is 0 Å². The van der Waals surface area contributed by atoms with Gasteiger partial charge in [-0.15, -0.1) is 11.3 Å². The second-order valence-electron chi connectivity index (χ2n) is 4.72. The van der Waals surface area contributed by atoms with Crippen LogP contribution in [-0.4, -0.2) is 29.1 Å². The van der Waals surface area contributed by atoms with Crippen molar-refractivity contribution in [1.82, 2.24) is 4.98 Å². The first-order valence-corrected chi connectivity index (χ1v) is 7.46. The minimum Gasteiger partial charge on any atom is -0.481 e. The molecule has 1 aromatic rings. The molecule has 0 aliphatic heterocycles. The lowest BCUT2D eigenvalue weighted by atomic mass is 10.1. The van der Waals surface area contributed by atoms with Crippen molar-refractivity contribution >= 4 is 22.4 Å². The third-order valence-electron chi connectivity index (χ3n) is 3.26. The number of rotatable bonds is 6. The van der Waals surface area contributed by atoms with Gasteiger partial charge in [0.05, 0.1) is 5.69 Å². The second-order valence-corrected chi connectivity index (χ2v) is 5.78. The van der Waals surface area contributed by atoms with E-state index in [1.165, 1.54) is 4.88 Å². The van der Waals surface area contributed by atoms with Crippen molar-refractivity contribution in [2.75, 3.05) is 18.0 Å². The lowest BCUT2D eigenvalue weighted by Crippen LogP contribution is -2.24. The zero-order chi connectivity index (χ0) is 13.1. The number of carboxylic acid groups (broad SMARTS) is 1. The average molecular weight is 268 g/mol. The number of thiazole rings is 1. The van der Waals surface area contributed by atoms with Gasteiger partial charge < -0.3 is 10.0 Å². The van der Waals surface area contributed by atoms with Crippen LogP contribution in [0.1, 0.15) is 49.6 Å². The van der Waals surface area contributed by atoms with E-state index >= 15 is 0 Å². The monoisotopic (exact) mass is 268 g/mol. The highest BCUT2D eigenvalue weighted by molar-refractivity contribution is 7.15. The number of carbonyl (C=O) groups is 1. The summed E-state index contributed by atoms with van der Waals surface area (Å²) in [7, 11) is 0. The standard InChI is InChI=1S/C13H20N2O2S/c1-3-7-15(8-4-2)13-14-11-9(12(16)17)5-6-10(11)18-13/h9H,3-8H2,1-2H3,(H,16,17). The van der Waals surface area contributed by atoms with E-state index in [0.29, 0.717) is 6.42 Å². The summed E-state index contributed by atoms with van der Waals surface area (Å²) < 4.78 is 0. The Labute approximate surface area is 112 Å². The summed E-state index contributed by atoms with van der Waals surface area (Å²) in [5, 5.41) is 10.2. The summed E-state index contributed by atoms with van der Waals surface area (Å²) in [6.45, 7) is 6.31. The van der Waals surface area contributed by atoms with E-state index in [4.69, 9.17) is 5.11 Å². The van der Waals surface area contributed by atoms with Crippen LogP contribution in [0.5, 0.6) is 0 Å². The number of fused-ring (bicyclic) bond motifs is 1. The Kier molecular flexibility index (Phi) is 4.22. The van der Waals surface area contributed by atoms with Crippen molar-refractivity contribution in [3.63, 3.8) is 0 Å². The predicted molar refractivity (Wildman–Crippen MR) is 73.6 cm³/mol. The van der Waals surface area contributed by atoms with Crippen LogP contribution in [0.4, 0.5) is 5.13 Å². The highest BCUT2D eigenvalue weighted by Gasteiger charge is 2.33. The lowest BCUT2D eigenvalue weighted by molar-refractivity contribution is -0.138. The highest BCUT2D eigenvalue weighted by Crippen LogP contribution is 2.39. The van der Waals surface area contributed by atoms with E-state index in [1.54, 1.807) is 11.3 Å². The van der Waals surface area contributed by atoms with Crippen molar-refractivity contribution in [2.45, 2.75) is 45.4 Å². The van der Waals surface area contributed by atoms with Crippen LogP contribution in [0.15, 0.2) is 0 Å². The van der Waals surface area contributed by atoms with Gasteiger partial charge in [0.1, 0.15) is 5.92 Å². The maximum Gasteiger partial charge on any atom is 0.312 e. The third kappa shape index (κ3) is 2.51. The van der Waals surface area contributed by atoms with Gasteiger partial charge in [0, 0.05) is 18.0 Å². The van der Waals surface area contributed by atoms with Gasteiger partial charge in [0.2, 0.25) is 0 Å². The van der Waals surface area contributed by atoms with Gasteiger partial charge in [0.25, 0.3) is 0 Å². The molecule has 1 N–H and O–H groups in total. The largest absolute Gasteiger partial charge is 0.481 e. The molecule has 4 nitrogen and oxygen atoms in total. The zero-order valence-corrected chi connectivity index (χ0v) is 11.8. The summed E-state index contributed by atoms with van der Waals surface area (Å²) in [4.78, 5) is 19.2. The molecule has 0 amide bonds. The second kappa shape index (κ2) is 5.69. The van der Waals surface area contributed by atoms with Crippen molar-refractivity contribution in [1.29, 1.82) is 0 Å². The Hall–Kier alpha value is -1.10. The molecule has 1 atom stereocenters. The molecule has 0 fully saturated rings. The summed E-state index contributed by atoms with van der Waals surface area (Å²) in [6.07, 6.45) is 3.76. The highest BCUT2D eigenvalue weighted by atomic mass is 32.1. The Morgan fingerprint density at radius 1 is 1.44 bits per heavy atom. The zero-order valence-electron chi connectivity index (χ0n) is 11.0. The molecule has 0 radical (unpaired) electrons. The van der Waals surface area contributed by atoms with E-state index in [1.807, 2.05) is 0 Å². The van der Waals surface area contributed by atoms with Crippen molar-refractivity contribution < 1.29 is 9.90 Å². The van der Waals surface area contributed by atoms with Gasteiger partial charge in [-0.2, -0.15) is 0 Å². The van der Waals surface area contributed by atoms with Crippen LogP contribution in [0.3, 0.4) is 0 Å². The Bertz CT molecular complexity index is 425. The van der Waals surface area contributed by atoms with E-state index in [2.05, 4.69) is 23.7 Å². The summed E-state index contributed by atoms with van der Waals surface area (Å²) >= 11 is 1.68. The molecule has 1 aliphatic rings. The average Bonchev–Trinajstić information content (AvgIpc) is 2.87. The normalized spacial score (nSPS) is 17.8. The molecule has 1 heterocycles. The van der Waals surface area contributed by atoms with Gasteiger partial charge in [0.15, 0.2) is 5.13 Å². The van der Waals surface area contributed by atoms with Crippen LogP contribution in [-0.2, 0) is 11.2 Å². The first kappa shape index (κ1) is 13.3. The van der Waals surface area contributed by atoms with E-state index in [9.17, 15) is 4.79 Å². The number of anilines is 1. The van der Waals surface area contributed by atoms with Crippen LogP contribution in [0.25, 0.3) is 0 Å². The van der Waals surface area contributed by atoms with Crippen LogP contribution < -0.4 is 4.90 Å². The van der Waals surface area contributed by atoms with Gasteiger partial charge in [-0.25, -0.2) is 4.98 Å². The predicted octanol–water partition coefficient (Wildman–Crippen LogP) is 2.88. The first-order valence-electron chi connectivity index (χ1n) is 6.64. The molecule has 0 aromatic carbocycles. The Morgan fingerprint density at radius 3 is 2.67 bits per heavy atom. The quantitative estimate of drug-likeness (QED) is 0.862. The molecule has 0 spiro atoms. The fourth-order valence-electron chi connectivity index (χ4n) is 2.43. The molecule has 2 rings (SSSR count). The van der Waals surface area contributed by atoms with Gasteiger partial charge in [-0.3, -0.25) is 4.79 Å². The van der Waals surface area contributed by atoms with Gasteiger partial charge in [-0.1, -0.05) is 13.8 Å². The molecular formula is C13H20N2O2S. The Morgan fingerprint density at radius 2 is 2.11 bits per heavy atom. The Balaban J connectivity index is 2.21. The third-order valence-corrected chi connectivity index (χ3v) is 4.45. The summed E-state index contributed by atoms with van der Waals surface area (Å²) in [5.74, 6) is -1.11. The van der Waals surface area contributed by atoms with Crippen LogP contribution in [0.2, 0.25) is 0 Å². The summed E-state index contributed by atoms with van der Waals surface area (Å²) in [5.41, 5.74) is 0.819. The van der Waals surface area contributed by atoms with Crippen LogP contribution >= 0.6 is 11.3 Å².